The number of halogens is 1. The largest absolute Gasteiger partial charge is 0.392 e. The number of aliphatic hydroxyl groups is 1. The van der Waals surface area contributed by atoms with Gasteiger partial charge < -0.3 is 9.67 Å². The maximum atomic E-state index is 9.34. The molecule has 0 fully saturated rings. The van der Waals surface area contributed by atoms with Crippen LogP contribution in [0, 0.1) is 0 Å². The second-order valence-electron chi connectivity index (χ2n) is 3.34. The number of rotatable bonds is 2. The number of pyridine rings is 1. The molecule has 0 spiro atoms. The molecule has 0 aliphatic carbocycles. The number of hydrogen-bond donors (Lipinski definition) is 1. The van der Waals surface area contributed by atoms with Crippen LogP contribution in [-0.2, 0) is 6.54 Å². The van der Waals surface area contributed by atoms with Gasteiger partial charge in [0.25, 0.3) is 0 Å². The predicted octanol–water partition coefficient (Wildman–Crippen LogP) is 2.18. The average molecular weight is 255 g/mol. The average Bonchev–Trinajstić information content (AvgIpc) is 2.43. The third kappa shape index (κ3) is 1.67. The molecule has 0 radical (unpaired) electrons. The summed E-state index contributed by atoms with van der Waals surface area (Å²) < 4.78 is 2.91. The Balaban J connectivity index is 2.56. The van der Waals surface area contributed by atoms with Crippen molar-refractivity contribution in [2.75, 3.05) is 0 Å². The Morgan fingerprint density at radius 2 is 2.43 bits per heavy atom. The van der Waals surface area contributed by atoms with Crippen molar-refractivity contribution >= 4 is 27.0 Å². The molecule has 3 nitrogen and oxygen atoms in total. The van der Waals surface area contributed by atoms with Gasteiger partial charge >= 0.3 is 0 Å². The predicted molar refractivity (Wildman–Crippen MR) is 59.1 cm³/mol. The van der Waals surface area contributed by atoms with E-state index in [1.165, 1.54) is 0 Å². The van der Waals surface area contributed by atoms with Crippen molar-refractivity contribution in [3.63, 3.8) is 0 Å². The first-order valence-electron chi connectivity index (χ1n) is 4.46. The van der Waals surface area contributed by atoms with Crippen LogP contribution in [0.25, 0.3) is 11.0 Å². The number of aromatic nitrogens is 2. The molecule has 0 saturated carbocycles. The van der Waals surface area contributed by atoms with Crippen molar-refractivity contribution in [2.45, 2.75) is 19.6 Å². The Morgan fingerprint density at radius 1 is 1.64 bits per heavy atom. The summed E-state index contributed by atoms with van der Waals surface area (Å²) in [6.07, 6.45) is 1.39. The minimum Gasteiger partial charge on any atom is -0.392 e. The Morgan fingerprint density at radius 3 is 3.14 bits per heavy atom. The second-order valence-corrected chi connectivity index (χ2v) is 4.16. The highest BCUT2D eigenvalue weighted by Crippen LogP contribution is 2.22. The highest BCUT2D eigenvalue weighted by molar-refractivity contribution is 9.10. The Kier molecular flexibility index (Phi) is 2.56. The first kappa shape index (κ1) is 9.68. The minimum absolute atomic E-state index is 0.371. The van der Waals surface area contributed by atoms with E-state index in [0.717, 1.165) is 15.6 Å². The summed E-state index contributed by atoms with van der Waals surface area (Å²) in [7, 11) is 0. The van der Waals surface area contributed by atoms with E-state index in [2.05, 4.69) is 20.9 Å². The minimum atomic E-state index is -0.371. The lowest BCUT2D eigenvalue weighted by atomic mass is 10.3. The molecule has 2 heterocycles. The Labute approximate surface area is 90.5 Å². The fraction of sp³-hybridized carbons (Fsp3) is 0.300. The van der Waals surface area contributed by atoms with E-state index in [4.69, 9.17) is 0 Å². The zero-order chi connectivity index (χ0) is 10.1. The molecule has 2 rings (SSSR count). The van der Waals surface area contributed by atoms with E-state index in [1.807, 2.05) is 22.8 Å². The zero-order valence-electron chi connectivity index (χ0n) is 7.81. The first-order valence-corrected chi connectivity index (χ1v) is 5.25. The Hall–Kier alpha value is -0.870. The van der Waals surface area contributed by atoms with Gasteiger partial charge in [-0.2, -0.15) is 0 Å². The van der Waals surface area contributed by atoms with Gasteiger partial charge in [0.1, 0.15) is 5.65 Å². The lowest BCUT2D eigenvalue weighted by Crippen LogP contribution is -2.11. The van der Waals surface area contributed by atoms with Gasteiger partial charge in [-0.1, -0.05) is 0 Å². The molecule has 2 aromatic heterocycles. The Bertz CT molecular complexity index is 450. The number of fused-ring (bicyclic) bond motifs is 1. The third-order valence-corrected chi connectivity index (χ3v) is 2.71. The van der Waals surface area contributed by atoms with Crippen LogP contribution in [0.15, 0.2) is 29.0 Å². The molecule has 74 valence electrons. The van der Waals surface area contributed by atoms with E-state index in [9.17, 15) is 5.11 Å². The van der Waals surface area contributed by atoms with Crippen LogP contribution in [-0.4, -0.2) is 20.8 Å². The van der Waals surface area contributed by atoms with Crippen molar-refractivity contribution in [1.29, 1.82) is 0 Å². The van der Waals surface area contributed by atoms with Gasteiger partial charge in [0.05, 0.1) is 17.3 Å². The van der Waals surface area contributed by atoms with Gasteiger partial charge in [-0.25, -0.2) is 4.98 Å². The van der Waals surface area contributed by atoms with Crippen molar-refractivity contribution in [3.05, 3.63) is 29.0 Å². The van der Waals surface area contributed by atoms with Crippen LogP contribution >= 0.6 is 15.9 Å². The summed E-state index contributed by atoms with van der Waals surface area (Å²) in [5.41, 5.74) is 0.903. The molecular weight excluding hydrogens is 244 g/mol. The van der Waals surface area contributed by atoms with Crippen molar-refractivity contribution < 1.29 is 5.11 Å². The van der Waals surface area contributed by atoms with E-state index < -0.39 is 0 Å². The van der Waals surface area contributed by atoms with Crippen LogP contribution in [0.4, 0.5) is 0 Å². The first-order chi connectivity index (χ1) is 6.68. The number of nitrogens with zero attached hydrogens (tertiary/aromatic N) is 2. The van der Waals surface area contributed by atoms with Gasteiger partial charge in [0.15, 0.2) is 0 Å². The highest BCUT2D eigenvalue weighted by Gasteiger charge is 2.08. The topological polar surface area (TPSA) is 38.0 Å². The molecule has 0 aromatic carbocycles. The summed E-state index contributed by atoms with van der Waals surface area (Å²) in [4.78, 5) is 4.28. The van der Waals surface area contributed by atoms with Crippen molar-refractivity contribution in [2.24, 2.45) is 0 Å². The molecule has 4 heteroatoms. The molecule has 1 unspecified atom stereocenters. The SMILES string of the molecule is CC(O)Cn1c(Br)cc2cccnc21. The van der Waals surface area contributed by atoms with E-state index in [-0.39, 0.29) is 6.10 Å². The number of aliphatic hydroxyl groups excluding tert-OH is 1. The lowest BCUT2D eigenvalue weighted by Gasteiger charge is -2.08. The maximum absolute atomic E-state index is 9.34. The van der Waals surface area contributed by atoms with Crippen LogP contribution in [0.1, 0.15) is 6.92 Å². The summed E-state index contributed by atoms with van der Waals surface area (Å²) in [6, 6.07) is 5.91. The fourth-order valence-electron chi connectivity index (χ4n) is 1.49. The van der Waals surface area contributed by atoms with Crippen LogP contribution in [0.2, 0.25) is 0 Å². The monoisotopic (exact) mass is 254 g/mol. The van der Waals surface area contributed by atoms with Gasteiger partial charge in [-0.05, 0) is 41.1 Å². The summed E-state index contributed by atoms with van der Waals surface area (Å²) in [5, 5.41) is 10.4. The quantitative estimate of drug-likeness (QED) is 0.893. The zero-order valence-corrected chi connectivity index (χ0v) is 9.40. The third-order valence-electron chi connectivity index (χ3n) is 2.05. The second kappa shape index (κ2) is 3.71. The molecule has 14 heavy (non-hydrogen) atoms. The molecule has 0 aliphatic heterocycles. The standard InChI is InChI=1S/C10H11BrN2O/c1-7(14)6-13-9(11)5-8-3-2-4-12-10(8)13/h2-5,7,14H,6H2,1H3. The van der Waals surface area contributed by atoms with Crippen molar-refractivity contribution in [1.82, 2.24) is 9.55 Å². The van der Waals surface area contributed by atoms with Crippen LogP contribution < -0.4 is 0 Å². The van der Waals surface area contributed by atoms with Gasteiger partial charge in [0, 0.05) is 11.6 Å². The van der Waals surface area contributed by atoms with Crippen LogP contribution in [0.3, 0.4) is 0 Å². The van der Waals surface area contributed by atoms with Crippen molar-refractivity contribution in [3.8, 4) is 0 Å². The molecule has 0 saturated heterocycles. The number of hydrogen-bond acceptors (Lipinski definition) is 2. The summed E-state index contributed by atoms with van der Waals surface area (Å²) in [6.45, 7) is 2.32. The summed E-state index contributed by atoms with van der Waals surface area (Å²) >= 11 is 3.45. The molecular formula is C10H11BrN2O. The molecule has 0 amide bonds. The molecule has 0 bridgehead atoms. The van der Waals surface area contributed by atoms with Gasteiger partial charge in [-0.15, -0.1) is 0 Å². The van der Waals surface area contributed by atoms with Gasteiger partial charge in [0.2, 0.25) is 0 Å². The fourth-order valence-corrected chi connectivity index (χ4v) is 2.05. The summed E-state index contributed by atoms with van der Waals surface area (Å²) in [5.74, 6) is 0. The molecule has 1 atom stereocenters. The smallest absolute Gasteiger partial charge is 0.140 e. The van der Waals surface area contributed by atoms with Crippen LogP contribution in [0.5, 0.6) is 0 Å². The molecule has 0 aliphatic rings. The lowest BCUT2D eigenvalue weighted by molar-refractivity contribution is 0.174. The van der Waals surface area contributed by atoms with E-state index in [0.29, 0.717) is 6.54 Å². The van der Waals surface area contributed by atoms with E-state index in [1.54, 1.807) is 13.1 Å². The highest BCUT2D eigenvalue weighted by atomic mass is 79.9. The van der Waals surface area contributed by atoms with Gasteiger partial charge in [-0.3, -0.25) is 0 Å². The molecule has 2 aromatic rings. The maximum Gasteiger partial charge on any atom is 0.140 e. The molecule has 1 N–H and O–H groups in total. The normalized spacial score (nSPS) is 13.4. The van der Waals surface area contributed by atoms with E-state index >= 15 is 0 Å².